The first-order valence-electron chi connectivity index (χ1n) is 9.07. The molecule has 1 heterocycles. The first-order chi connectivity index (χ1) is 11.0. The van der Waals surface area contributed by atoms with Crippen LogP contribution in [0.3, 0.4) is 0 Å². The fourth-order valence-corrected chi connectivity index (χ4v) is 6.66. The molecule has 1 N–H and O–H groups in total. The van der Waals surface area contributed by atoms with Gasteiger partial charge in [0.05, 0.1) is 11.4 Å². The van der Waals surface area contributed by atoms with Crippen molar-refractivity contribution >= 4 is 10.0 Å². The highest BCUT2D eigenvalue weighted by molar-refractivity contribution is 7.89. The normalized spacial score (nSPS) is 21.9. The molecule has 0 unspecified atom stereocenters. The minimum Gasteiger partial charge on any atom is -0.281 e. The van der Waals surface area contributed by atoms with Crippen molar-refractivity contribution < 1.29 is 8.42 Å². The molecule has 1 aromatic heterocycles. The SMILES string of the molecule is Cc1n[nH]c(C)c1S(=O)(=O)N(C1CCCCC1)C1CCCCC1. The summed E-state index contributed by atoms with van der Waals surface area (Å²) in [5.74, 6) is 0. The first kappa shape index (κ1) is 17.0. The zero-order chi connectivity index (χ0) is 16.4. The Kier molecular flexibility index (Phi) is 5.11. The number of H-pyrrole nitrogens is 1. The molecule has 2 fully saturated rings. The van der Waals surface area contributed by atoms with E-state index in [4.69, 9.17) is 0 Å². The van der Waals surface area contributed by atoms with Crippen LogP contribution in [0.15, 0.2) is 4.90 Å². The van der Waals surface area contributed by atoms with Crippen LogP contribution in [0.4, 0.5) is 0 Å². The molecule has 130 valence electrons. The van der Waals surface area contributed by atoms with Crippen molar-refractivity contribution in [2.45, 2.75) is 95.0 Å². The third-order valence-electron chi connectivity index (χ3n) is 5.47. The van der Waals surface area contributed by atoms with Crippen LogP contribution in [0.5, 0.6) is 0 Å². The molecule has 0 spiro atoms. The third kappa shape index (κ3) is 3.33. The van der Waals surface area contributed by atoms with Crippen LogP contribution in [0.2, 0.25) is 0 Å². The quantitative estimate of drug-likeness (QED) is 0.910. The maximum Gasteiger partial charge on any atom is 0.247 e. The topological polar surface area (TPSA) is 66.1 Å². The predicted molar refractivity (Wildman–Crippen MR) is 90.8 cm³/mol. The molecule has 6 heteroatoms. The highest BCUT2D eigenvalue weighted by atomic mass is 32.2. The van der Waals surface area contributed by atoms with Gasteiger partial charge in [-0.25, -0.2) is 8.42 Å². The van der Waals surface area contributed by atoms with Gasteiger partial charge in [0.25, 0.3) is 0 Å². The molecule has 0 saturated heterocycles. The summed E-state index contributed by atoms with van der Waals surface area (Å²) in [4.78, 5) is 0.411. The third-order valence-corrected chi connectivity index (χ3v) is 7.73. The van der Waals surface area contributed by atoms with Gasteiger partial charge in [-0.2, -0.15) is 9.40 Å². The van der Waals surface area contributed by atoms with Gasteiger partial charge < -0.3 is 0 Å². The molecule has 0 aliphatic heterocycles. The molecule has 2 saturated carbocycles. The minimum absolute atomic E-state index is 0.172. The molecule has 0 atom stereocenters. The maximum atomic E-state index is 13.5. The number of rotatable bonds is 4. The molecular formula is C17H29N3O2S. The van der Waals surface area contributed by atoms with Gasteiger partial charge in [-0.15, -0.1) is 0 Å². The second-order valence-corrected chi connectivity index (χ2v) is 8.96. The van der Waals surface area contributed by atoms with Crippen molar-refractivity contribution in [1.82, 2.24) is 14.5 Å². The Morgan fingerprint density at radius 2 is 1.39 bits per heavy atom. The van der Waals surface area contributed by atoms with Crippen molar-refractivity contribution in [1.29, 1.82) is 0 Å². The first-order valence-corrected chi connectivity index (χ1v) is 10.5. The van der Waals surface area contributed by atoms with Gasteiger partial charge in [-0.05, 0) is 39.5 Å². The molecule has 3 rings (SSSR count). The lowest BCUT2D eigenvalue weighted by molar-refractivity contribution is 0.169. The van der Waals surface area contributed by atoms with E-state index in [9.17, 15) is 8.42 Å². The fraction of sp³-hybridized carbons (Fsp3) is 0.824. The summed E-state index contributed by atoms with van der Waals surface area (Å²) in [6.07, 6.45) is 11.1. The summed E-state index contributed by atoms with van der Waals surface area (Å²) in [7, 11) is -3.48. The van der Waals surface area contributed by atoms with Crippen molar-refractivity contribution in [3.8, 4) is 0 Å². The highest BCUT2D eigenvalue weighted by Gasteiger charge is 2.40. The van der Waals surface area contributed by atoms with E-state index in [-0.39, 0.29) is 12.1 Å². The zero-order valence-corrected chi connectivity index (χ0v) is 15.2. The summed E-state index contributed by atoms with van der Waals surface area (Å²) >= 11 is 0. The van der Waals surface area contributed by atoms with E-state index < -0.39 is 10.0 Å². The van der Waals surface area contributed by atoms with Gasteiger partial charge in [0.15, 0.2) is 0 Å². The molecule has 0 aromatic carbocycles. The van der Waals surface area contributed by atoms with Gasteiger partial charge in [0.1, 0.15) is 4.90 Å². The van der Waals surface area contributed by atoms with Gasteiger partial charge in [0, 0.05) is 12.1 Å². The number of nitrogens with zero attached hydrogens (tertiary/aromatic N) is 2. The second kappa shape index (κ2) is 6.93. The fourth-order valence-electron chi connectivity index (χ4n) is 4.39. The molecule has 2 aliphatic rings. The van der Waals surface area contributed by atoms with Gasteiger partial charge in [-0.1, -0.05) is 38.5 Å². The van der Waals surface area contributed by atoms with E-state index in [1.54, 1.807) is 6.92 Å². The Morgan fingerprint density at radius 3 is 1.78 bits per heavy atom. The minimum atomic E-state index is -3.48. The van der Waals surface area contributed by atoms with Crippen LogP contribution >= 0.6 is 0 Å². The van der Waals surface area contributed by atoms with E-state index in [1.165, 1.54) is 12.8 Å². The van der Waals surface area contributed by atoms with Crippen LogP contribution in [-0.4, -0.2) is 35.0 Å². The highest BCUT2D eigenvalue weighted by Crippen LogP contribution is 2.35. The standard InChI is InChI=1S/C17H29N3O2S/c1-13-17(14(2)19-18-13)23(21,22)20(15-9-5-3-6-10-15)16-11-7-4-8-12-16/h15-16H,3-12H2,1-2H3,(H,18,19). The molecule has 0 bridgehead atoms. The summed E-state index contributed by atoms with van der Waals surface area (Å²) in [6, 6.07) is 0.344. The Hall–Kier alpha value is -0.880. The number of nitrogens with one attached hydrogen (secondary N) is 1. The number of aromatic amines is 1. The zero-order valence-electron chi connectivity index (χ0n) is 14.3. The summed E-state index contributed by atoms with van der Waals surface area (Å²) in [6.45, 7) is 3.60. The predicted octanol–water partition coefficient (Wildman–Crippen LogP) is 3.68. The van der Waals surface area contributed by atoms with E-state index in [1.807, 2.05) is 11.2 Å². The van der Waals surface area contributed by atoms with E-state index in [0.29, 0.717) is 16.3 Å². The van der Waals surface area contributed by atoms with Crippen LogP contribution in [0.25, 0.3) is 0 Å². The molecule has 1 aromatic rings. The molecule has 0 radical (unpaired) electrons. The van der Waals surface area contributed by atoms with Crippen LogP contribution < -0.4 is 0 Å². The lowest BCUT2D eigenvalue weighted by Crippen LogP contribution is -2.48. The second-order valence-electron chi connectivity index (χ2n) is 7.18. The number of sulfonamides is 1. The van der Waals surface area contributed by atoms with Crippen molar-refractivity contribution in [3.63, 3.8) is 0 Å². The van der Waals surface area contributed by atoms with Gasteiger partial charge >= 0.3 is 0 Å². The van der Waals surface area contributed by atoms with E-state index in [2.05, 4.69) is 10.2 Å². The molecule has 23 heavy (non-hydrogen) atoms. The average molecular weight is 340 g/mol. The summed E-state index contributed by atoms with van der Waals surface area (Å²) in [5, 5.41) is 6.97. The van der Waals surface area contributed by atoms with Crippen LogP contribution in [0.1, 0.15) is 75.6 Å². The molecule has 0 amide bonds. The average Bonchev–Trinajstić information content (AvgIpc) is 2.89. The largest absolute Gasteiger partial charge is 0.281 e. The molecule has 5 nitrogen and oxygen atoms in total. The molecule has 2 aliphatic carbocycles. The van der Waals surface area contributed by atoms with Crippen molar-refractivity contribution in [2.75, 3.05) is 0 Å². The summed E-state index contributed by atoms with van der Waals surface area (Å²) in [5.41, 5.74) is 1.26. The van der Waals surface area contributed by atoms with E-state index >= 15 is 0 Å². The Labute approximate surface area is 139 Å². The number of hydrogen-bond donors (Lipinski definition) is 1. The van der Waals surface area contributed by atoms with Crippen molar-refractivity contribution in [3.05, 3.63) is 11.4 Å². The monoisotopic (exact) mass is 339 g/mol. The maximum absolute atomic E-state index is 13.5. The van der Waals surface area contributed by atoms with Crippen LogP contribution in [-0.2, 0) is 10.0 Å². The molecular weight excluding hydrogens is 310 g/mol. The lowest BCUT2D eigenvalue weighted by Gasteiger charge is -2.40. The lowest BCUT2D eigenvalue weighted by atomic mass is 9.91. The van der Waals surface area contributed by atoms with Crippen molar-refractivity contribution in [2.24, 2.45) is 0 Å². The van der Waals surface area contributed by atoms with Gasteiger partial charge in [-0.3, -0.25) is 5.10 Å². The smallest absolute Gasteiger partial charge is 0.247 e. The van der Waals surface area contributed by atoms with E-state index in [0.717, 1.165) is 51.4 Å². The number of aromatic nitrogens is 2. The number of aryl methyl sites for hydroxylation is 2. The Balaban J connectivity index is 1.99. The Bertz CT molecular complexity index is 589. The van der Waals surface area contributed by atoms with Crippen LogP contribution in [0, 0.1) is 13.8 Å². The summed E-state index contributed by atoms with van der Waals surface area (Å²) < 4.78 is 28.9. The number of hydrogen-bond acceptors (Lipinski definition) is 3. The Morgan fingerprint density at radius 1 is 0.913 bits per heavy atom. The van der Waals surface area contributed by atoms with Gasteiger partial charge in [0.2, 0.25) is 10.0 Å².